The molecule has 0 spiro atoms. The molecule has 2 atom stereocenters. The Balaban J connectivity index is 1.61. The number of carbonyl (C=O) groups excluding carboxylic acids is 1. The van der Waals surface area contributed by atoms with Crippen molar-refractivity contribution in [3.8, 4) is 5.75 Å². The van der Waals surface area contributed by atoms with Crippen LogP contribution in [0.25, 0.3) is 0 Å². The van der Waals surface area contributed by atoms with E-state index in [9.17, 15) is 21.6 Å². The Kier molecular flexibility index (Phi) is 7.15. The van der Waals surface area contributed by atoms with Crippen molar-refractivity contribution in [2.45, 2.75) is 44.8 Å². The highest BCUT2D eigenvalue weighted by atomic mass is 32.2. The predicted octanol–water partition coefficient (Wildman–Crippen LogP) is 2.10. The largest absolute Gasteiger partial charge is 0.487 e. The van der Waals surface area contributed by atoms with Crippen LogP contribution in [0.3, 0.4) is 0 Å². The van der Waals surface area contributed by atoms with Crippen molar-refractivity contribution >= 4 is 31.8 Å². The molecule has 0 unspecified atom stereocenters. The van der Waals surface area contributed by atoms with Crippen LogP contribution < -0.4 is 18.5 Å². The molecule has 2 N–H and O–H groups in total. The monoisotopic (exact) mass is 507 g/mol. The summed E-state index contributed by atoms with van der Waals surface area (Å²) in [4.78, 5) is 11.8. The smallest absolute Gasteiger partial charge is 0.326 e. The Bertz CT molecular complexity index is 1250. The molecule has 1 heterocycles. The maximum atomic E-state index is 12.5. The van der Waals surface area contributed by atoms with Crippen molar-refractivity contribution < 1.29 is 26.4 Å². The number of sulfonamides is 1. The summed E-state index contributed by atoms with van der Waals surface area (Å²) >= 11 is 0. The fraction of sp³-hybridized carbons (Fsp3) is 0.435. The quantitative estimate of drug-likeness (QED) is 0.564. The molecule has 9 nitrogen and oxygen atoms in total. The lowest BCUT2D eigenvalue weighted by atomic mass is 9.81. The van der Waals surface area contributed by atoms with E-state index in [4.69, 9.17) is 4.74 Å². The van der Waals surface area contributed by atoms with Gasteiger partial charge in [0, 0.05) is 6.04 Å². The first-order valence-corrected chi connectivity index (χ1v) is 14.5. The van der Waals surface area contributed by atoms with Crippen molar-refractivity contribution in [1.82, 2.24) is 9.44 Å². The molecular formula is C23H29N3O6S2. The van der Waals surface area contributed by atoms with Crippen LogP contribution in [-0.4, -0.2) is 41.6 Å². The van der Waals surface area contributed by atoms with Crippen LogP contribution in [-0.2, 0) is 38.1 Å². The van der Waals surface area contributed by atoms with Crippen LogP contribution in [0.15, 0.2) is 48.5 Å². The van der Waals surface area contributed by atoms with Crippen LogP contribution in [0.1, 0.15) is 36.8 Å². The van der Waals surface area contributed by atoms with Gasteiger partial charge in [-0.2, -0.15) is 8.42 Å². The molecule has 1 saturated carbocycles. The van der Waals surface area contributed by atoms with E-state index in [0.717, 1.165) is 41.1 Å². The molecule has 4 rings (SSSR count). The summed E-state index contributed by atoms with van der Waals surface area (Å²) in [6.07, 6.45) is 5.48. The van der Waals surface area contributed by atoms with Gasteiger partial charge in [-0.05, 0) is 48.4 Å². The first-order valence-electron chi connectivity index (χ1n) is 11.2. The summed E-state index contributed by atoms with van der Waals surface area (Å²) < 4.78 is 60.4. The van der Waals surface area contributed by atoms with Crippen molar-refractivity contribution in [2.75, 3.05) is 17.1 Å². The van der Waals surface area contributed by atoms with Crippen LogP contribution in [0.5, 0.6) is 5.75 Å². The molecule has 2 aromatic carbocycles. The van der Waals surface area contributed by atoms with Gasteiger partial charge >= 0.3 is 10.2 Å². The fourth-order valence-electron chi connectivity index (χ4n) is 4.59. The van der Waals surface area contributed by atoms with Gasteiger partial charge in [0.2, 0.25) is 10.0 Å². The minimum atomic E-state index is -3.99. The third-order valence-corrected chi connectivity index (χ3v) is 8.25. The van der Waals surface area contributed by atoms with Crippen LogP contribution >= 0.6 is 0 Å². The number of carbonyl (C=O) groups is 1. The standard InChI is InChI=1S/C23H29N3O6S2/c1-33(28,29)24-20-10-6-5-9-19(20)13-18-11-12-21(26-15-23(27)25-34(26,30)31)22(14-18)32-16-17-7-3-2-4-8-17/h2-4,7-8,11-12,14,19-20,24H,5-6,9-10,13,15-16H2,1H3,(H,25,27)/t19-,20+/m0/s1. The minimum Gasteiger partial charge on any atom is -0.487 e. The van der Waals surface area contributed by atoms with Gasteiger partial charge in [-0.1, -0.05) is 49.2 Å². The van der Waals surface area contributed by atoms with E-state index < -0.39 is 26.1 Å². The van der Waals surface area contributed by atoms with E-state index in [1.807, 2.05) is 41.1 Å². The van der Waals surface area contributed by atoms with Crippen LogP contribution in [0, 0.1) is 5.92 Å². The molecule has 0 bridgehead atoms. The summed E-state index contributed by atoms with van der Waals surface area (Å²) in [7, 11) is -7.31. The van der Waals surface area contributed by atoms with Gasteiger partial charge < -0.3 is 4.74 Å². The van der Waals surface area contributed by atoms with E-state index in [0.29, 0.717) is 12.2 Å². The molecule has 1 aliphatic carbocycles. The minimum absolute atomic E-state index is 0.120. The number of nitrogens with zero attached hydrogens (tertiary/aromatic N) is 1. The number of hydrogen-bond donors (Lipinski definition) is 2. The Hall–Kier alpha value is -2.63. The van der Waals surface area contributed by atoms with Gasteiger partial charge in [0.15, 0.2) is 0 Å². The normalized spacial score (nSPS) is 22.4. The van der Waals surface area contributed by atoms with Crippen molar-refractivity contribution in [2.24, 2.45) is 5.92 Å². The summed E-state index contributed by atoms with van der Waals surface area (Å²) in [5.74, 6) is -0.130. The van der Waals surface area contributed by atoms with Gasteiger partial charge in [0.25, 0.3) is 5.91 Å². The molecule has 1 aliphatic heterocycles. The number of hydrogen-bond acceptors (Lipinski definition) is 6. The predicted molar refractivity (Wildman–Crippen MR) is 129 cm³/mol. The van der Waals surface area contributed by atoms with E-state index in [1.165, 1.54) is 6.26 Å². The SMILES string of the molecule is CS(=O)(=O)N[C@@H]1CCCC[C@H]1Cc1ccc(N2CC(=O)NS2(=O)=O)c(OCc2ccccc2)c1. The summed E-state index contributed by atoms with van der Waals surface area (Å²) in [5, 5.41) is 0. The number of benzene rings is 2. The zero-order valence-corrected chi connectivity index (χ0v) is 20.6. The summed E-state index contributed by atoms with van der Waals surface area (Å²) in [5.41, 5.74) is 2.12. The molecule has 2 aromatic rings. The van der Waals surface area contributed by atoms with E-state index in [1.54, 1.807) is 12.1 Å². The first kappa shape index (κ1) is 24.5. The van der Waals surface area contributed by atoms with Crippen molar-refractivity contribution in [3.63, 3.8) is 0 Å². The lowest BCUT2D eigenvalue weighted by molar-refractivity contribution is -0.117. The van der Waals surface area contributed by atoms with Gasteiger partial charge in [-0.15, -0.1) is 0 Å². The molecule has 0 radical (unpaired) electrons. The molecular weight excluding hydrogens is 478 g/mol. The summed E-state index contributed by atoms with van der Waals surface area (Å²) in [6.45, 7) is -0.0827. The molecule has 1 amide bonds. The number of anilines is 1. The van der Waals surface area contributed by atoms with Crippen LogP contribution in [0.4, 0.5) is 5.69 Å². The Morgan fingerprint density at radius 1 is 1.09 bits per heavy atom. The second-order valence-electron chi connectivity index (χ2n) is 8.86. The second-order valence-corrected chi connectivity index (χ2v) is 12.2. The number of rotatable bonds is 8. The number of ether oxygens (including phenoxy) is 1. The molecule has 184 valence electrons. The average molecular weight is 508 g/mol. The maximum Gasteiger partial charge on any atom is 0.326 e. The van der Waals surface area contributed by atoms with Gasteiger partial charge in [0.1, 0.15) is 18.9 Å². The molecule has 1 saturated heterocycles. The molecule has 0 aromatic heterocycles. The first-order chi connectivity index (χ1) is 16.1. The van der Waals surface area contributed by atoms with E-state index >= 15 is 0 Å². The topological polar surface area (TPSA) is 122 Å². The second kappa shape index (κ2) is 9.93. The van der Waals surface area contributed by atoms with Gasteiger partial charge in [0.05, 0.1) is 11.9 Å². The zero-order valence-electron chi connectivity index (χ0n) is 18.9. The fourth-order valence-corrected chi connectivity index (χ4v) is 6.61. The highest BCUT2D eigenvalue weighted by Crippen LogP contribution is 2.35. The number of amides is 1. The third kappa shape index (κ3) is 6.08. The molecule has 2 aliphatic rings. The molecule has 2 fully saturated rings. The Labute approximate surface area is 200 Å². The maximum absolute atomic E-state index is 12.5. The lowest BCUT2D eigenvalue weighted by Gasteiger charge is -2.32. The molecule has 11 heteroatoms. The average Bonchev–Trinajstić information content (AvgIpc) is 3.05. The van der Waals surface area contributed by atoms with E-state index in [-0.39, 0.29) is 30.8 Å². The summed E-state index contributed by atoms with van der Waals surface area (Å²) in [6, 6.07) is 14.6. The third-order valence-electron chi connectivity index (χ3n) is 6.12. The van der Waals surface area contributed by atoms with Gasteiger partial charge in [-0.3, -0.25) is 4.79 Å². The number of nitrogens with one attached hydrogen (secondary N) is 2. The Morgan fingerprint density at radius 2 is 1.82 bits per heavy atom. The molecule has 34 heavy (non-hydrogen) atoms. The highest BCUT2D eigenvalue weighted by molar-refractivity contribution is 7.92. The van der Waals surface area contributed by atoms with E-state index in [2.05, 4.69) is 4.72 Å². The van der Waals surface area contributed by atoms with Crippen molar-refractivity contribution in [1.29, 1.82) is 0 Å². The zero-order chi connectivity index (χ0) is 24.3. The highest BCUT2D eigenvalue weighted by Gasteiger charge is 2.36. The van der Waals surface area contributed by atoms with Gasteiger partial charge in [-0.25, -0.2) is 22.2 Å². The van der Waals surface area contributed by atoms with Crippen molar-refractivity contribution in [3.05, 3.63) is 59.7 Å². The Morgan fingerprint density at radius 3 is 2.50 bits per heavy atom. The lowest BCUT2D eigenvalue weighted by Crippen LogP contribution is -2.42. The van der Waals surface area contributed by atoms with Crippen LogP contribution in [0.2, 0.25) is 0 Å².